The Kier molecular flexibility index (Phi) is 5.23. The average molecular weight is 343 g/mol. The largest absolute Gasteiger partial charge is 0.456 e. The maximum Gasteiger partial charge on any atom is 0.306 e. The molecule has 0 N–H and O–H groups in total. The summed E-state index contributed by atoms with van der Waals surface area (Å²) in [7, 11) is 0. The first-order chi connectivity index (χ1) is 11.7. The third kappa shape index (κ3) is 4.20. The number of nitrogens with zero attached hydrogens (tertiary/aromatic N) is 2. The summed E-state index contributed by atoms with van der Waals surface area (Å²) in [5.41, 5.74) is 1.74. The molecule has 0 unspecified atom stereocenters. The molecular weight excluding hydrogens is 328 g/mol. The van der Waals surface area contributed by atoms with Gasteiger partial charge >= 0.3 is 5.97 Å². The van der Waals surface area contributed by atoms with E-state index >= 15 is 0 Å². The molecule has 0 atom stereocenters. The smallest absolute Gasteiger partial charge is 0.306 e. The second kappa shape index (κ2) is 7.75. The van der Waals surface area contributed by atoms with E-state index in [-0.39, 0.29) is 18.5 Å². The van der Waals surface area contributed by atoms with Crippen LogP contribution in [-0.4, -0.2) is 16.2 Å². The molecule has 0 bridgehead atoms. The summed E-state index contributed by atoms with van der Waals surface area (Å²) in [6, 6.07) is 16.9. The Labute approximate surface area is 144 Å². The molecule has 122 valence electrons. The van der Waals surface area contributed by atoms with Crippen LogP contribution in [-0.2, 0) is 22.6 Å². The van der Waals surface area contributed by atoms with E-state index in [0.717, 1.165) is 5.56 Å². The second-order valence-electron chi connectivity index (χ2n) is 5.13. The topological polar surface area (TPSA) is 65.2 Å². The molecule has 2 aromatic carbocycles. The number of carbonyl (C=O) groups excluding carboxylic acids is 1. The highest BCUT2D eigenvalue weighted by atomic mass is 35.5. The van der Waals surface area contributed by atoms with Crippen molar-refractivity contribution in [1.82, 2.24) is 10.2 Å². The van der Waals surface area contributed by atoms with Gasteiger partial charge in [-0.3, -0.25) is 4.79 Å². The SMILES string of the molecule is O=C(CCc1ccccc1)OCc1nnc(-c2ccccc2Cl)o1. The fourth-order valence-corrected chi connectivity index (χ4v) is 2.38. The van der Waals surface area contributed by atoms with Crippen molar-refractivity contribution in [2.75, 3.05) is 0 Å². The van der Waals surface area contributed by atoms with Gasteiger partial charge in [0.2, 0.25) is 5.89 Å². The predicted molar refractivity (Wildman–Crippen MR) is 89.3 cm³/mol. The number of aromatic nitrogens is 2. The van der Waals surface area contributed by atoms with Gasteiger partial charge < -0.3 is 9.15 Å². The Morgan fingerprint density at radius 2 is 1.79 bits per heavy atom. The second-order valence-corrected chi connectivity index (χ2v) is 5.53. The highest BCUT2D eigenvalue weighted by Crippen LogP contribution is 2.26. The van der Waals surface area contributed by atoms with Crippen LogP contribution < -0.4 is 0 Å². The van der Waals surface area contributed by atoms with Crippen LogP contribution in [0.4, 0.5) is 0 Å². The van der Waals surface area contributed by atoms with E-state index < -0.39 is 0 Å². The van der Waals surface area contributed by atoms with Gasteiger partial charge in [-0.25, -0.2) is 0 Å². The Bertz CT molecular complexity index is 818. The van der Waals surface area contributed by atoms with E-state index in [9.17, 15) is 4.79 Å². The summed E-state index contributed by atoms with van der Waals surface area (Å²) < 4.78 is 10.6. The number of esters is 1. The van der Waals surface area contributed by atoms with Gasteiger partial charge in [-0.1, -0.05) is 54.1 Å². The molecule has 24 heavy (non-hydrogen) atoms. The standard InChI is InChI=1S/C18H15ClN2O3/c19-15-9-5-4-8-14(15)18-21-20-16(24-18)12-23-17(22)11-10-13-6-2-1-3-7-13/h1-9H,10-12H2. The molecule has 0 saturated heterocycles. The quantitative estimate of drug-likeness (QED) is 0.632. The third-order valence-electron chi connectivity index (χ3n) is 3.39. The Balaban J connectivity index is 1.52. The van der Waals surface area contributed by atoms with E-state index in [1.54, 1.807) is 12.1 Å². The van der Waals surface area contributed by atoms with Crippen LogP contribution in [0.25, 0.3) is 11.5 Å². The zero-order chi connectivity index (χ0) is 16.8. The molecular formula is C18H15ClN2O3. The molecule has 3 rings (SSSR count). The van der Waals surface area contributed by atoms with E-state index in [4.69, 9.17) is 20.8 Å². The molecule has 0 aliphatic heterocycles. The minimum absolute atomic E-state index is 0.0505. The van der Waals surface area contributed by atoms with Gasteiger partial charge in [0, 0.05) is 6.42 Å². The summed E-state index contributed by atoms with van der Waals surface area (Å²) in [4.78, 5) is 11.8. The van der Waals surface area contributed by atoms with Gasteiger partial charge in [-0.05, 0) is 24.1 Å². The molecule has 0 radical (unpaired) electrons. The van der Waals surface area contributed by atoms with Crippen LogP contribution in [0.3, 0.4) is 0 Å². The molecule has 0 saturated carbocycles. The number of rotatable bonds is 6. The van der Waals surface area contributed by atoms with Gasteiger partial charge in [0.1, 0.15) is 0 Å². The van der Waals surface area contributed by atoms with E-state index in [1.165, 1.54) is 0 Å². The normalized spacial score (nSPS) is 10.5. The van der Waals surface area contributed by atoms with Crippen molar-refractivity contribution in [3.8, 4) is 11.5 Å². The fourth-order valence-electron chi connectivity index (χ4n) is 2.16. The molecule has 0 aliphatic carbocycles. The van der Waals surface area contributed by atoms with Crippen LogP contribution in [0, 0.1) is 0 Å². The molecule has 6 heteroatoms. The van der Waals surface area contributed by atoms with Crippen molar-refractivity contribution in [1.29, 1.82) is 0 Å². The lowest BCUT2D eigenvalue weighted by atomic mass is 10.1. The molecule has 1 heterocycles. The van der Waals surface area contributed by atoms with Crippen LogP contribution in [0.15, 0.2) is 59.0 Å². The first-order valence-corrected chi connectivity index (χ1v) is 7.87. The van der Waals surface area contributed by atoms with Crippen molar-refractivity contribution in [2.45, 2.75) is 19.4 Å². The van der Waals surface area contributed by atoms with Crippen LogP contribution in [0.5, 0.6) is 0 Å². The van der Waals surface area contributed by atoms with Crippen LogP contribution in [0.2, 0.25) is 5.02 Å². The van der Waals surface area contributed by atoms with Crippen molar-refractivity contribution in [2.24, 2.45) is 0 Å². The van der Waals surface area contributed by atoms with E-state index in [1.807, 2.05) is 42.5 Å². The maximum atomic E-state index is 11.8. The van der Waals surface area contributed by atoms with E-state index in [2.05, 4.69) is 10.2 Å². The van der Waals surface area contributed by atoms with E-state index in [0.29, 0.717) is 29.3 Å². The van der Waals surface area contributed by atoms with Crippen molar-refractivity contribution < 1.29 is 13.9 Å². The summed E-state index contributed by atoms with van der Waals surface area (Å²) in [6.07, 6.45) is 0.934. The maximum absolute atomic E-state index is 11.8. The highest BCUT2D eigenvalue weighted by molar-refractivity contribution is 6.33. The summed E-state index contributed by atoms with van der Waals surface area (Å²) in [5.74, 6) is 0.227. The van der Waals surface area contributed by atoms with Crippen molar-refractivity contribution >= 4 is 17.6 Å². The molecule has 1 aromatic heterocycles. The van der Waals surface area contributed by atoms with Crippen LogP contribution >= 0.6 is 11.6 Å². The third-order valence-corrected chi connectivity index (χ3v) is 3.72. The number of carbonyl (C=O) groups is 1. The first kappa shape index (κ1) is 16.2. The number of halogens is 1. The summed E-state index contributed by atoms with van der Waals surface area (Å²) in [6.45, 7) is -0.0505. The lowest BCUT2D eigenvalue weighted by molar-refractivity contribution is -0.145. The average Bonchev–Trinajstić information content (AvgIpc) is 3.08. The minimum Gasteiger partial charge on any atom is -0.456 e. The molecule has 0 aliphatic rings. The molecule has 0 fully saturated rings. The van der Waals surface area contributed by atoms with Gasteiger partial charge in [0.05, 0.1) is 10.6 Å². The molecule has 5 nitrogen and oxygen atoms in total. The zero-order valence-corrected chi connectivity index (χ0v) is 13.6. The number of hydrogen-bond donors (Lipinski definition) is 0. The Morgan fingerprint density at radius 1 is 1.04 bits per heavy atom. The number of ether oxygens (including phenoxy) is 1. The fraction of sp³-hybridized carbons (Fsp3) is 0.167. The number of aryl methyl sites for hydroxylation is 1. The lowest BCUT2D eigenvalue weighted by Gasteiger charge is -2.02. The zero-order valence-electron chi connectivity index (χ0n) is 12.8. The van der Waals surface area contributed by atoms with Crippen molar-refractivity contribution in [3.63, 3.8) is 0 Å². The predicted octanol–water partition coefficient (Wildman–Crippen LogP) is 4.07. The number of benzene rings is 2. The number of hydrogen-bond acceptors (Lipinski definition) is 5. The highest BCUT2D eigenvalue weighted by Gasteiger charge is 2.13. The lowest BCUT2D eigenvalue weighted by Crippen LogP contribution is -2.06. The Morgan fingerprint density at radius 3 is 2.58 bits per heavy atom. The van der Waals surface area contributed by atoms with Gasteiger partial charge in [0.25, 0.3) is 5.89 Å². The minimum atomic E-state index is -0.309. The van der Waals surface area contributed by atoms with Gasteiger partial charge in [-0.2, -0.15) is 0 Å². The molecule has 0 spiro atoms. The van der Waals surface area contributed by atoms with Crippen molar-refractivity contribution in [3.05, 3.63) is 71.1 Å². The molecule has 0 amide bonds. The summed E-state index contributed by atoms with van der Waals surface area (Å²) >= 11 is 6.08. The summed E-state index contributed by atoms with van der Waals surface area (Å²) in [5, 5.41) is 8.32. The first-order valence-electron chi connectivity index (χ1n) is 7.49. The Hall–Kier alpha value is -2.66. The van der Waals surface area contributed by atoms with Crippen LogP contribution in [0.1, 0.15) is 17.9 Å². The van der Waals surface area contributed by atoms with Gasteiger partial charge in [-0.15, -0.1) is 10.2 Å². The molecule has 3 aromatic rings. The monoisotopic (exact) mass is 342 g/mol. The van der Waals surface area contributed by atoms with Gasteiger partial charge in [0.15, 0.2) is 6.61 Å².